The Kier molecular flexibility index (Phi) is 4.23. The van der Waals surface area contributed by atoms with E-state index in [0.29, 0.717) is 0 Å². The van der Waals surface area contributed by atoms with Crippen LogP contribution in [0.1, 0.15) is 43.5 Å². The lowest BCUT2D eigenvalue weighted by atomic mass is 10.1. The van der Waals surface area contributed by atoms with Crippen molar-refractivity contribution in [1.82, 2.24) is 10.3 Å². The van der Waals surface area contributed by atoms with Crippen molar-refractivity contribution in [3.63, 3.8) is 0 Å². The Hall–Kier alpha value is -1.09. The molecule has 3 nitrogen and oxygen atoms in total. The average Bonchev–Trinajstić information content (AvgIpc) is 3.13. The molecule has 0 atom stereocenters. The van der Waals surface area contributed by atoms with E-state index in [1.165, 1.54) is 29.8 Å². The van der Waals surface area contributed by atoms with Gasteiger partial charge in [-0.05, 0) is 51.8 Å². The minimum atomic E-state index is 0.726. The number of aryl methyl sites for hydroxylation is 2. The van der Waals surface area contributed by atoms with E-state index in [4.69, 9.17) is 4.98 Å². The van der Waals surface area contributed by atoms with E-state index in [-0.39, 0.29) is 0 Å². The zero-order valence-electron chi connectivity index (χ0n) is 12.1. The van der Waals surface area contributed by atoms with Crippen molar-refractivity contribution < 1.29 is 0 Å². The number of nitrogens with one attached hydrogen (secondary N) is 1. The summed E-state index contributed by atoms with van der Waals surface area (Å²) in [7, 11) is 0. The van der Waals surface area contributed by atoms with Crippen LogP contribution in [-0.2, 0) is 6.54 Å². The molecule has 0 radical (unpaired) electrons. The smallest absolute Gasteiger partial charge is 0.133 e. The van der Waals surface area contributed by atoms with Gasteiger partial charge in [-0.25, -0.2) is 4.98 Å². The summed E-state index contributed by atoms with van der Waals surface area (Å²) in [6, 6.07) is 2.92. The number of rotatable bonds is 6. The first-order valence-electron chi connectivity index (χ1n) is 7.11. The molecule has 1 saturated carbocycles. The Morgan fingerprint density at radius 3 is 2.61 bits per heavy atom. The van der Waals surface area contributed by atoms with Crippen LogP contribution in [-0.4, -0.2) is 24.1 Å². The van der Waals surface area contributed by atoms with Gasteiger partial charge in [-0.15, -0.1) is 0 Å². The van der Waals surface area contributed by atoms with E-state index in [2.05, 4.69) is 44.0 Å². The minimum absolute atomic E-state index is 0.726. The zero-order valence-corrected chi connectivity index (χ0v) is 12.1. The fourth-order valence-electron chi connectivity index (χ4n) is 2.52. The molecule has 100 valence electrons. The molecule has 1 aromatic heterocycles. The summed E-state index contributed by atoms with van der Waals surface area (Å²) >= 11 is 0. The zero-order chi connectivity index (χ0) is 13.1. The summed E-state index contributed by atoms with van der Waals surface area (Å²) in [5, 5.41) is 3.44. The quantitative estimate of drug-likeness (QED) is 0.838. The van der Waals surface area contributed by atoms with Crippen molar-refractivity contribution in [2.24, 2.45) is 0 Å². The molecule has 2 rings (SSSR count). The maximum Gasteiger partial charge on any atom is 0.133 e. The standard InChI is InChI=1S/C15H25N3/c1-5-16-10-14-11(3)9-12(4)17-15(14)18(6-2)13-7-8-13/h9,13,16H,5-8,10H2,1-4H3. The highest BCUT2D eigenvalue weighted by Crippen LogP contribution is 2.33. The van der Waals surface area contributed by atoms with Crippen molar-refractivity contribution in [2.75, 3.05) is 18.0 Å². The van der Waals surface area contributed by atoms with Crippen molar-refractivity contribution in [3.8, 4) is 0 Å². The molecule has 1 aliphatic carbocycles. The summed E-state index contributed by atoms with van der Waals surface area (Å²) in [5.41, 5.74) is 3.86. The van der Waals surface area contributed by atoms with Crippen LogP contribution in [0.4, 0.5) is 5.82 Å². The molecule has 1 N–H and O–H groups in total. The number of pyridine rings is 1. The first kappa shape index (κ1) is 13.3. The van der Waals surface area contributed by atoms with Crippen molar-refractivity contribution >= 4 is 5.82 Å². The third-order valence-electron chi connectivity index (χ3n) is 3.61. The first-order chi connectivity index (χ1) is 8.67. The summed E-state index contributed by atoms with van der Waals surface area (Å²) in [6.45, 7) is 11.7. The summed E-state index contributed by atoms with van der Waals surface area (Å²) < 4.78 is 0. The number of hydrogen-bond donors (Lipinski definition) is 1. The highest BCUT2D eigenvalue weighted by atomic mass is 15.2. The van der Waals surface area contributed by atoms with E-state index in [1.54, 1.807) is 0 Å². The second-order valence-electron chi connectivity index (χ2n) is 5.18. The van der Waals surface area contributed by atoms with Crippen LogP contribution in [0.5, 0.6) is 0 Å². The van der Waals surface area contributed by atoms with Gasteiger partial charge in [-0.1, -0.05) is 6.92 Å². The largest absolute Gasteiger partial charge is 0.354 e. The van der Waals surface area contributed by atoms with Crippen LogP contribution in [0.3, 0.4) is 0 Å². The van der Waals surface area contributed by atoms with Gasteiger partial charge in [0.25, 0.3) is 0 Å². The van der Waals surface area contributed by atoms with E-state index >= 15 is 0 Å². The molecule has 1 aromatic rings. The summed E-state index contributed by atoms with van der Waals surface area (Å²) in [6.07, 6.45) is 2.65. The minimum Gasteiger partial charge on any atom is -0.354 e. The maximum absolute atomic E-state index is 4.81. The van der Waals surface area contributed by atoms with Crippen LogP contribution < -0.4 is 10.2 Å². The lowest BCUT2D eigenvalue weighted by molar-refractivity contribution is 0.708. The summed E-state index contributed by atoms with van der Waals surface area (Å²) in [4.78, 5) is 7.28. The van der Waals surface area contributed by atoms with Gasteiger partial charge in [0.05, 0.1) is 0 Å². The van der Waals surface area contributed by atoms with Gasteiger partial charge in [0.15, 0.2) is 0 Å². The third-order valence-corrected chi connectivity index (χ3v) is 3.61. The van der Waals surface area contributed by atoms with Crippen molar-refractivity contribution in [2.45, 2.75) is 53.1 Å². The fourth-order valence-corrected chi connectivity index (χ4v) is 2.52. The Morgan fingerprint density at radius 1 is 1.33 bits per heavy atom. The lowest BCUT2D eigenvalue weighted by Gasteiger charge is -2.26. The number of nitrogens with zero attached hydrogens (tertiary/aromatic N) is 2. The topological polar surface area (TPSA) is 28.2 Å². The van der Waals surface area contributed by atoms with Crippen LogP contribution in [0, 0.1) is 13.8 Å². The third kappa shape index (κ3) is 2.83. The Morgan fingerprint density at radius 2 is 2.06 bits per heavy atom. The highest BCUT2D eigenvalue weighted by molar-refractivity contribution is 5.53. The number of anilines is 1. The molecule has 18 heavy (non-hydrogen) atoms. The second-order valence-corrected chi connectivity index (χ2v) is 5.18. The van der Waals surface area contributed by atoms with E-state index in [1.807, 2.05) is 0 Å². The van der Waals surface area contributed by atoms with Gasteiger partial charge in [-0.2, -0.15) is 0 Å². The van der Waals surface area contributed by atoms with Gasteiger partial charge in [0, 0.05) is 30.4 Å². The van der Waals surface area contributed by atoms with Crippen LogP contribution in [0.25, 0.3) is 0 Å². The molecule has 0 bridgehead atoms. The molecule has 3 heteroatoms. The van der Waals surface area contributed by atoms with Gasteiger partial charge >= 0.3 is 0 Å². The van der Waals surface area contributed by atoms with E-state index in [0.717, 1.165) is 31.4 Å². The molecule has 1 heterocycles. The lowest BCUT2D eigenvalue weighted by Crippen LogP contribution is -2.29. The van der Waals surface area contributed by atoms with Gasteiger partial charge in [-0.3, -0.25) is 0 Å². The Bertz CT molecular complexity index is 410. The number of hydrogen-bond acceptors (Lipinski definition) is 3. The fraction of sp³-hybridized carbons (Fsp3) is 0.667. The summed E-state index contributed by atoms with van der Waals surface area (Å²) in [5.74, 6) is 1.21. The van der Waals surface area contributed by atoms with Crippen LogP contribution in [0.15, 0.2) is 6.07 Å². The Balaban J connectivity index is 2.35. The van der Waals surface area contributed by atoms with Crippen molar-refractivity contribution in [3.05, 3.63) is 22.9 Å². The van der Waals surface area contributed by atoms with Gasteiger partial charge < -0.3 is 10.2 Å². The second kappa shape index (κ2) is 5.70. The van der Waals surface area contributed by atoms with E-state index in [9.17, 15) is 0 Å². The molecule has 0 aliphatic heterocycles. The SMILES string of the molecule is CCNCc1c(C)cc(C)nc1N(CC)C1CC1. The molecule has 0 amide bonds. The van der Waals surface area contributed by atoms with Gasteiger partial charge in [0.2, 0.25) is 0 Å². The first-order valence-corrected chi connectivity index (χ1v) is 7.11. The molecule has 1 aliphatic rings. The molecule has 0 aromatic carbocycles. The molecule has 0 saturated heterocycles. The molecular formula is C15H25N3. The number of aromatic nitrogens is 1. The van der Waals surface area contributed by atoms with Crippen LogP contribution in [0.2, 0.25) is 0 Å². The molecule has 0 unspecified atom stereocenters. The Labute approximate surface area is 111 Å². The van der Waals surface area contributed by atoms with Crippen LogP contribution >= 0.6 is 0 Å². The van der Waals surface area contributed by atoms with Crippen molar-refractivity contribution in [1.29, 1.82) is 0 Å². The van der Waals surface area contributed by atoms with Gasteiger partial charge in [0.1, 0.15) is 5.82 Å². The monoisotopic (exact) mass is 247 g/mol. The predicted octanol–water partition coefficient (Wildman–Crippen LogP) is 2.80. The average molecular weight is 247 g/mol. The molecular weight excluding hydrogens is 222 g/mol. The molecule has 1 fully saturated rings. The molecule has 0 spiro atoms. The normalized spacial score (nSPS) is 14.9. The maximum atomic E-state index is 4.81. The van der Waals surface area contributed by atoms with E-state index < -0.39 is 0 Å². The predicted molar refractivity (Wildman–Crippen MR) is 77.1 cm³/mol. The highest BCUT2D eigenvalue weighted by Gasteiger charge is 2.30.